The Morgan fingerprint density at radius 3 is 1.25 bits per heavy atom. The molecule has 0 aromatic heterocycles. The molecule has 0 bridgehead atoms. The van der Waals surface area contributed by atoms with Crippen molar-refractivity contribution in [3.63, 3.8) is 0 Å². The van der Waals surface area contributed by atoms with Crippen molar-refractivity contribution in [3.8, 4) is 0 Å². The van der Waals surface area contributed by atoms with Crippen molar-refractivity contribution in [3.05, 3.63) is 27.8 Å². The Morgan fingerprint density at radius 1 is 0.750 bits per heavy atom. The third-order valence-corrected chi connectivity index (χ3v) is 4.32. The molecule has 1 aromatic carbocycles. The van der Waals surface area contributed by atoms with E-state index in [4.69, 9.17) is 4.55 Å². The first-order valence-electron chi connectivity index (χ1n) is 4.72. The zero-order valence-electron chi connectivity index (χ0n) is 10.1. The van der Waals surface area contributed by atoms with E-state index in [9.17, 15) is 8.42 Å². The number of hydrogen-bond donors (Lipinski definition) is 1. The van der Waals surface area contributed by atoms with Crippen molar-refractivity contribution in [2.24, 2.45) is 0 Å². The van der Waals surface area contributed by atoms with Gasteiger partial charge in [-0.15, -0.1) is 12.4 Å². The van der Waals surface area contributed by atoms with Crippen molar-refractivity contribution in [1.29, 1.82) is 0 Å². The summed E-state index contributed by atoms with van der Waals surface area (Å²) < 4.78 is 31.7. The fourth-order valence-electron chi connectivity index (χ4n) is 1.85. The Balaban J connectivity index is 0.00000225. The number of rotatable bonds is 1. The maximum Gasteiger partial charge on any atom is 0.295 e. The lowest BCUT2D eigenvalue weighted by Crippen LogP contribution is -2.08. The van der Waals surface area contributed by atoms with Gasteiger partial charge in [0.05, 0.1) is 0 Å². The second kappa shape index (κ2) is 4.73. The summed E-state index contributed by atoms with van der Waals surface area (Å²) in [5.74, 6) is 0. The van der Waals surface area contributed by atoms with Crippen LogP contribution >= 0.6 is 12.4 Å². The van der Waals surface area contributed by atoms with Gasteiger partial charge in [-0.2, -0.15) is 8.42 Å². The van der Waals surface area contributed by atoms with Crippen molar-refractivity contribution in [1.82, 2.24) is 0 Å². The molecule has 3 nitrogen and oxygen atoms in total. The first-order chi connectivity index (χ1) is 6.68. The molecule has 0 aliphatic rings. The van der Waals surface area contributed by atoms with E-state index in [1.165, 1.54) is 0 Å². The maximum absolute atomic E-state index is 11.2. The second-order valence-corrected chi connectivity index (χ2v) is 5.29. The molecule has 0 aliphatic carbocycles. The van der Waals surface area contributed by atoms with Gasteiger partial charge in [0.15, 0.2) is 0 Å². The molecule has 0 amide bonds. The molecule has 1 aromatic rings. The van der Waals surface area contributed by atoms with E-state index in [-0.39, 0.29) is 17.3 Å². The molecule has 0 atom stereocenters. The van der Waals surface area contributed by atoms with Crippen LogP contribution in [0.15, 0.2) is 4.90 Å². The van der Waals surface area contributed by atoms with E-state index >= 15 is 0 Å². The number of benzene rings is 1. The molecule has 0 fully saturated rings. The van der Waals surface area contributed by atoms with Gasteiger partial charge in [0.25, 0.3) is 10.1 Å². The molecule has 0 radical (unpaired) electrons. The highest BCUT2D eigenvalue weighted by atomic mass is 35.5. The van der Waals surface area contributed by atoms with Crippen LogP contribution in [-0.2, 0) is 10.1 Å². The summed E-state index contributed by atoms with van der Waals surface area (Å²) in [6.07, 6.45) is 0. The molecule has 0 saturated heterocycles. The smallest absolute Gasteiger partial charge is 0.282 e. The molecule has 0 unspecified atom stereocenters. The van der Waals surface area contributed by atoms with E-state index < -0.39 is 10.1 Å². The first-order valence-corrected chi connectivity index (χ1v) is 6.16. The minimum Gasteiger partial charge on any atom is -0.282 e. The quantitative estimate of drug-likeness (QED) is 0.794. The van der Waals surface area contributed by atoms with Crippen LogP contribution < -0.4 is 0 Å². The lowest BCUT2D eigenvalue weighted by molar-refractivity contribution is 0.481. The standard InChI is InChI=1S/C11H16O3S.ClH/c1-6-7(2)9(4)11(15(12,13)14)10(5)8(6)3;/h1-5H3,(H,12,13,14);1H. The van der Waals surface area contributed by atoms with Gasteiger partial charge < -0.3 is 0 Å². The molecule has 16 heavy (non-hydrogen) atoms. The predicted molar refractivity (Wildman–Crippen MR) is 67.2 cm³/mol. The summed E-state index contributed by atoms with van der Waals surface area (Å²) in [4.78, 5) is 0.0584. The summed E-state index contributed by atoms with van der Waals surface area (Å²) >= 11 is 0. The van der Waals surface area contributed by atoms with Gasteiger partial charge in [-0.3, -0.25) is 4.55 Å². The fraction of sp³-hybridized carbons (Fsp3) is 0.455. The Morgan fingerprint density at radius 2 is 1.00 bits per heavy atom. The van der Waals surface area contributed by atoms with Crippen LogP contribution in [0.25, 0.3) is 0 Å². The van der Waals surface area contributed by atoms with Crippen LogP contribution in [0.3, 0.4) is 0 Å². The summed E-state index contributed by atoms with van der Waals surface area (Å²) in [5, 5.41) is 0. The Kier molecular flexibility index (Phi) is 4.56. The third-order valence-electron chi connectivity index (χ3n) is 3.19. The van der Waals surface area contributed by atoms with Crippen molar-refractivity contribution < 1.29 is 13.0 Å². The molecule has 0 spiro atoms. The van der Waals surface area contributed by atoms with Crippen molar-refractivity contribution in [2.75, 3.05) is 0 Å². The van der Waals surface area contributed by atoms with E-state index in [2.05, 4.69) is 0 Å². The first kappa shape index (κ1) is 15.4. The number of halogens is 1. The maximum atomic E-state index is 11.2. The average Bonchev–Trinajstić information content (AvgIpc) is 2.09. The van der Waals surface area contributed by atoms with Gasteiger partial charge in [0, 0.05) is 0 Å². The zero-order valence-corrected chi connectivity index (χ0v) is 11.7. The molecular weight excluding hydrogens is 248 g/mol. The molecule has 0 saturated carbocycles. The minimum absolute atomic E-state index is 0. The molecular formula is C11H17ClO3S. The Labute approximate surface area is 103 Å². The molecule has 92 valence electrons. The predicted octanol–water partition coefficient (Wildman–Crippen LogP) is 2.90. The average molecular weight is 265 g/mol. The van der Waals surface area contributed by atoms with Gasteiger partial charge in [0.2, 0.25) is 0 Å². The fourth-order valence-corrected chi connectivity index (χ4v) is 2.93. The highest BCUT2D eigenvalue weighted by Gasteiger charge is 2.20. The summed E-state index contributed by atoms with van der Waals surface area (Å²) in [6, 6.07) is 0. The van der Waals surface area contributed by atoms with Gasteiger partial charge in [-0.05, 0) is 62.4 Å². The molecule has 1 rings (SSSR count). The van der Waals surface area contributed by atoms with Crippen molar-refractivity contribution >= 4 is 22.5 Å². The van der Waals surface area contributed by atoms with Crippen LogP contribution in [-0.4, -0.2) is 13.0 Å². The van der Waals surface area contributed by atoms with Crippen LogP contribution in [0.2, 0.25) is 0 Å². The highest BCUT2D eigenvalue weighted by molar-refractivity contribution is 7.86. The lowest BCUT2D eigenvalue weighted by Gasteiger charge is -2.16. The zero-order chi connectivity index (χ0) is 12.0. The normalized spacial score (nSPS) is 11.1. The van der Waals surface area contributed by atoms with Gasteiger partial charge in [0.1, 0.15) is 4.90 Å². The molecule has 5 heteroatoms. The Bertz CT molecular complexity index is 490. The number of hydrogen-bond acceptors (Lipinski definition) is 2. The second-order valence-electron chi connectivity index (χ2n) is 3.93. The van der Waals surface area contributed by atoms with Crippen LogP contribution in [0.5, 0.6) is 0 Å². The third kappa shape index (κ3) is 2.39. The molecule has 1 N–H and O–H groups in total. The van der Waals surface area contributed by atoms with Crippen molar-refractivity contribution in [2.45, 2.75) is 39.5 Å². The van der Waals surface area contributed by atoms with Gasteiger partial charge in [-0.25, -0.2) is 0 Å². The van der Waals surface area contributed by atoms with E-state index in [0.717, 1.165) is 16.7 Å². The van der Waals surface area contributed by atoms with Crippen LogP contribution in [0, 0.1) is 34.6 Å². The van der Waals surface area contributed by atoms with Crippen LogP contribution in [0.1, 0.15) is 27.8 Å². The largest absolute Gasteiger partial charge is 0.295 e. The van der Waals surface area contributed by atoms with Gasteiger partial charge >= 0.3 is 0 Å². The van der Waals surface area contributed by atoms with E-state index in [1.807, 2.05) is 20.8 Å². The highest BCUT2D eigenvalue weighted by Crippen LogP contribution is 2.28. The summed E-state index contributed by atoms with van der Waals surface area (Å²) in [5.41, 5.74) is 4.20. The SMILES string of the molecule is Cc1c(C)c(C)c(S(=O)(=O)O)c(C)c1C.Cl. The summed E-state index contributed by atoms with van der Waals surface area (Å²) in [6.45, 7) is 9.13. The molecule has 0 aliphatic heterocycles. The van der Waals surface area contributed by atoms with Gasteiger partial charge in [-0.1, -0.05) is 0 Å². The monoisotopic (exact) mass is 264 g/mol. The van der Waals surface area contributed by atoms with E-state index in [0.29, 0.717) is 11.1 Å². The van der Waals surface area contributed by atoms with E-state index in [1.54, 1.807) is 13.8 Å². The summed E-state index contributed by atoms with van der Waals surface area (Å²) in [7, 11) is -4.13. The lowest BCUT2D eigenvalue weighted by atomic mass is 9.95. The topological polar surface area (TPSA) is 54.4 Å². The minimum atomic E-state index is -4.13. The van der Waals surface area contributed by atoms with Crippen LogP contribution in [0.4, 0.5) is 0 Å². The Hall–Kier alpha value is -0.580. The molecule has 0 heterocycles.